The fourth-order valence-corrected chi connectivity index (χ4v) is 5.44. The van der Waals surface area contributed by atoms with Crippen molar-refractivity contribution in [3.63, 3.8) is 0 Å². The van der Waals surface area contributed by atoms with Gasteiger partial charge in [-0.1, -0.05) is 24.3 Å². The lowest BCUT2D eigenvalue weighted by molar-refractivity contribution is -0.126. The number of methoxy groups -OCH3 is 2. The van der Waals surface area contributed by atoms with Crippen molar-refractivity contribution in [3.8, 4) is 11.5 Å². The molecule has 1 N–H and O–H groups in total. The third-order valence-corrected chi connectivity index (χ3v) is 7.22. The topological polar surface area (TPSA) is 84.9 Å². The number of ether oxygens (including phenoxy) is 2. The second-order valence-electron chi connectivity index (χ2n) is 7.39. The molecule has 1 aliphatic rings. The van der Waals surface area contributed by atoms with E-state index in [-0.39, 0.29) is 17.3 Å². The van der Waals surface area contributed by atoms with Crippen LogP contribution in [0.1, 0.15) is 24.0 Å². The van der Waals surface area contributed by atoms with E-state index in [9.17, 15) is 13.2 Å². The molecule has 1 atom stereocenters. The number of nitrogens with one attached hydrogen (secondary N) is 1. The van der Waals surface area contributed by atoms with Crippen molar-refractivity contribution in [3.05, 3.63) is 53.6 Å². The van der Waals surface area contributed by atoms with Gasteiger partial charge < -0.3 is 14.8 Å². The Hall–Kier alpha value is -2.58. The number of sulfonamides is 1. The Morgan fingerprint density at radius 1 is 1.13 bits per heavy atom. The highest BCUT2D eigenvalue weighted by atomic mass is 32.2. The van der Waals surface area contributed by atoms with Gasteiger partial charge in [-0.05, 0) is 43.5 Å². The van der Waals surface area contributed by atoms with Gasteiger partial charge in [-0.15, -0.1) is 0 Å². The standard InChI is InChI=1S/C22H28N2O5S/c1-16-10-11-20(29-3)21(13-16)30(26,27)24-12-6-8-18(15-24)22(25)23-14-17-7-4-5-9-19(17)28-2/h4-5,7,9-11,13,18H,6,8,12,14-15H2,1-3H3,(H,23,25)/t18-/m1/s1. The number of amides is 1. The third kappa shape index (κ3) is 4.76. The predicted molar refractivity (Wildman–Crippen MR) is 114 cm³/mol. The van der Waals surface area contributed by atoms with Crippen LogP contribution in [0.5, 0.6) is 11.5 Å². The molecule has 2 aromatic rings. The highest BCUT2D eigenvalue weighted by molar-refractivity contribution is 7.89. The van der Waals surface area contributed by atoms with Gasteiger partial charge in [-0.3, -0.25) is 4.79 Å². The zero-order valence-corrected chi connectivity index (χ0v) is 18.4. The Kier molecular flexibility index (Phi) is 6.99. The number of hydrogen-bond donors (Lipinski definition) is 1. The molecule has 1 heterocycles. The summed E-state index contributed by atoms with van der Waals surface area (Å²) in [5.41, 5.74) is 1.70. The average molecular weight is 433 g/mol. The molecule has 0 bridgehead atoms. The maximum absolute atomic E-state index is 13.2. The summed E-state index contributed by atoms with van der Waals surface area (Å²) >= 11 is 0. The van der Waals surface area contributed by atoms with Gasteiger partial charge >= 0.3 is 0 Å². The minimum atomic E-state index is -3.76. The molecule has 162 valence electrons. The number of para-hydroxylation sites is 1. The van der Waals surface area contributed by atoms with E-state index in [1.807, 2.05) is 37.3 Å². The number of aryl methyl sites for hydroxylation is 1. The second kappa shape index (κ2) is 9.49. The van der Waals surface area contributed by atoms with Crippen molar-refractivity contribution >= 4 is 15.9 Å². The number of carbonyl (C=O) groups is 1. The van der Waals surface area contributed by atoms with Crippen LogP contribution < -0.4 is 14.8 Å². The van der Waals surface area contributed by atoms with Gasteiger partial charge in [0.15, 0.2) is 0 Å². The molecule has 1 amide bonds. The number of carbonyl (C=O) groups excluding carboxylic acids is 1. The third-order valence-electron chi connectivity index (χ3n) is 5.34. The van der Waals surface area contributed by atoms with Gasteiger partial charge in [-0.2, -0.15) is 4.31 Å². The molecule has 30 heavy (non-hydrogen) atoms. The summed E-state index contributed by atoms with van der Waals surface area (Å²) in [6.45, 7) is 2.70. The first-order chi connectivity index (χ1) is 14.4. The normalized spacial score (nSPS) is 17.4. The first-order valence-corrected chi connectivity index (χ1v) is 11.3. The van der Waals surface area contributed by atoms with Crippen molar-refractivity contribution in [2.24, 2.45) is 5.92 Å². The molecule has 2 aromatic carbocycles. The van der Waals surface area contributed by atoms with Crippen LogP contribution in [-0.4, -0.2) is 45.9 Å². The number of piperidine rings is 1. The van der Waals surface area contributed by atoms with E-state index in [2.05, 4.69) is 5.32 Å². The SMILES string of the molecule is COc1ccccc1CNC(=O)[C@@H]1CCCN(S(=O)(=O)c2cc(C)ccc2OC)C1. The summed E-state index contributed by atoms with van der Waals surface area (Å²) in [7, 11) is -0.723. The van der Waals surface area contributed by atoms with E-state index in [4.69, 9.17) is 9.47 Å². The fraction of sp³-hybridized carbons (Fsp3) is 0.409. The number of nitrogens with zero attached hydrogens (tertiary/aromatic N) is 1. The van der Waals surface area contributed by atoms with Crippen molar-refractivity contribution in [2.75, 3.05) is 27.3 Å². The molecule has 0 saturated carbocycles. The Bertz CT molecular complexity index is 1010. The van der Waals surface area contributed by atoms with Crippen LogP contribution in [0.4, 0.5) is 0 Å². The number of rotatable bonds is 7. The van der Waals surface area contributed by atoms with Crippen molar-refractivity contribution in [1.82, 2.24) is 9.62 Å². The van der Waals surface area contributed by atoms with Crippen LogP contribution in [0, 0.1) is 12.8 Å². The molecule has 0 aromatic heterocycles. The molecule has 0 spiro atoms. The second-order valence-corrected chi connectivity index (χ2v) is 9.29. The summed E-state index contributed by atoms with van der Waals surface area (Å²) in [4.78, 5) is 12.9. The Morgan fingerprint density at radius 2 is 1.87 bits per heavy atom. The minimum absolute atomic E-state index is 0.139. The van der Waals surface area contributed by atoms with E-state index in [0.29, 0.717) is 37.4 Å². The summed E-state index contributed by atoms with van der Waals surface area (Å²) in [5.74, 6) is 0.455. The van der Waals surface area contributed by atoms with Gasteiger partial charge in [0, 0.05) is 25.2 Å². The zero-order valence-electron chi connectivity index (χ0n) is 17.6. The van der Waals surface area contributed by atoms with E-state index >= 15 is 0 Å². The molecule has 7 nitrogen and oxygen atoms in total. The highest BCUT2D eigenvalue weighted by Crippen LogP contribution is 2.30. The molecular weight excluding hydrogens is 404 g/mol. The van der Waals surface area contributed by atoms with E-state index in [0.717, 1.165) is 11.1 Å². The maximum Gasteiger partial charge on any atom is 0.246 e. The van der Waals surface area contributed by atoms with Gasteiger partial charge in [0.05, 0.1) is 20.1 Å². The van der Waals surface area contributed by atoms with Gasteiger partial charge in [0.25, 0.3) is 0 Å². The van der Waals surface area contributed by atoms with Crippen molar-refractivity contribution in [2.45, 2.75) is 31.2 Å². The quantitative estimate of drug-likeness (QED) is 0.727. The lowest BCUT2D eigenvalue weighted by Gasteiger charge is -2.31. The van der Waals surface area contributed by atoms with E-state index < -0.39 is 15.9 Å². The van der Waals surface area contributed by atoms with E-state index in [1.54, 1.807) is 19.2 Å². The molecule has 1 aliphatic heterocycles. The van der Waals surface area contributed by atoms with Crippen LogP contribution in [0.2, 0.25) is 0 Å². The van der Waals surface area contributed by atoms with Gasteiger partial charge in [-0.25, -0.2) is 8.42 Å². The largest absolute Gasteiger partial charge is 0.496 e. The number of hydrogen-bond acceptors (Lipinski definition) is 5. The summed E-state index contributed by atoms with van der Waals surface area (Å²) in [6.07, 6.45) is 1.27. The summed E-state index contributed by atoms with van der Waals surface area (Å²) < 4.78 is 38.5. The lowest BCUT2D eigenvalue weighted by Crippen LogP contribution is -2.45. The average Bonchev–Trinajstić information content (AvgIpc) is 2.77. The molecular formula is C22H28N2O5S. The summed E-state index contributed by atoms with van der Waals surface area (Å²) in [5, 5.41) is 2.92. The predicted octanol–water partition coefficient (Wildman–Crippen LogP) is 2.73. The lowest BCUT2D eigenvalue weighted by atomic mass is 9.98. The van der Waals surface area contributed by atoms with Crippen molar-refractivity contribution in [1.29, 1.82) is 0 Å². The van der Waals surface area contributed by atoms with Crippen LogP contribution >= 0.6 is 0 Å². The molecule has 0 unspecified atom stereocenters. The molecule has 3 rings (SSSR count). The van der Waals surface area contributed by atoms with Crippen LogP contribution in [0.3, 0.4) is 0 Å². The van der Waals surface area contributed by atoms with E-state index in [1.165, 1.54) is 11.4 Å². The van der Waals surface area contributed by atoms with Crippen LogP contribution in [0.15, 0.2) is 47.4 Å². The summed E-state index contributed by atoms with van der Waals surface area (Å²) in [6, 6.07) is 12.6. The van der Waals surface area contributed by atoms with Crippen LogP contribution in [-0.2, 0) is 21.4 Å². The van der Waals surface area contributed by atoms with Gasteiger partial charge in [0.1, 0.15) is 16.4 Å². The Morgan fingerprint density at radius 3 is 2.60 bits per heavy atom. The molecule has 1 fully saturated rings. The molecule has 0 radical (unpaired) electrons. The molecule has 1 saturated heterocycles. The monoisotopic (exact) mass is 432 g/mol. The van der Waals surface area contributed by atoms with Crippen molar-refractivity contribution < 1.29 is 22.7 Å². The van der Waals surface area contributed by atoms with Crippen LogP contribution in [0.25, 0.3) is 0 Å². The highest BCUT2D eigenvalue weighted by Gasteiger charge is 2.34. The minimum Gasteiger partial charge on any atom is -0.496 e. The molecule has 8 heteroatoms. The first kappa shape index (κ1) is 22.1. The number of benzene rings is 2. The fourth-order valence-electron chi connectivity index (χ4n) is 3.68. The Balaban J connectivity index is 1.72. The smallest absolute Gasteiger partial charge is 0.246 e. The van der Waals surface area contributed by atoms with Gasteiger partial charge in [0.2, 0.25) is 15.9 Å². The molecule has 0 aliphatic carbocycles. The maximum atomic E-state index is 13.2. The zero-order chi connectivity index (χ0) is 21.7. The Labute approximate surface area is 178 Å². The first-order valence-electron chi connectivity index (χ1n) is 9.91.